The van der Waals surface area contributed by atoms with E-state index in [4.69, 9.17) is 67.3 Å². The second-order valence-electron chi connectivity index (χ2n) is 32.1. The van der Waals surface area contributed by atoms with E-state index in [1.807, 2.05) is 26.8 Å². The van der Waals surface area contributed by atoms with Crippen LogP contribution in [0.5, 0.6) is 5.75 Å². The van der Waals surface area contributed by atoms with Gasteiger partial charge in [0.1, 0.15) is 61.4 Å². The summed E-state index contributed by atoms with van der Waals surface area (Å²) in [5, 5.41) is 68.9. The smallest absolute Gasteiger partial charge is 0.411 e. The summed E-state index contributed by atoms with van der Waals surface area (Å²) < 4.78 is 73.0. The number of aliphatic hydroxyl groups excluding tert-OH is 4. The van der Waals surface area contributed by atoms with Gasteiger partial charge in [-0.15, -0.1) is 0 Å². The highest BCUT2D eigenvalue weighted by molar-refractivity contribution is 6.15. The van der Waals surface area contributed by atoms with Gasteiger partial charge in [0.05, 0.1) is 147 Å². The molecule has 0 saturated carbocycles. The highest BCUT2D eigenvalue weighted by Gasteiger charge is 2.49. The summed E-state index contributed by atoms with van der Waals surface area (Å²) >= 11 is 0. The Morgan fingerprint density at radius 3 is 1.77 bits per heavy atom. The number of nitrogens with one attached hydrogen (secondary N) is 6. The van der Waals surface area contributed by atoms with Crippen LogP contribution in [0.4, 0.5) is 15.3 Å². The number of imide groups is 1. The fraction of sp³-hybridized carbons (Fsp3) is 0.701. The lowest BCUT2D eigenvalue weighted by atomic mass is 9.89. The number of unbranched alkanes of at least 4 members (excludes halogenated alkanes) is 1. The van der Waals surface area contributed by atoms with Crippen molar-refractivity contribution in [3.63, 3.8) is 0 Å². The predicted octanol–water partition coefficient (Wildman–Crippen LogP) is 1.45. The van der Waals surface area contributed by atoms with Crippen LogP contribution >= 0.6 is 0 Å². The summed E-state index contributed by atoms with van der Waals surface area (Å²) in [4.78, 5) is 165. The van der Waals surface area contributed by atoms with Crippen molar-refractivity contribution in [2.24, 2.45) is 29.4 Å². The van der Waals surface area contributed by atoms with E-state index >= 15 is 0 Å². The number of carbonyl (C=O) groups is 12. The second-order valence-corrected chi connectivity index (χ2v) is 32.1. The van der Waals surface area contributed by atoms with Crippen LogP contribution < -0.4 is 42.4 Å². The number of aliphatic carboxylic acids is 1. The van der Waals surface area contributed by atoms with Gasteiger partial charge in [-0.2, -0.15) is 0 Å². The number of carbonyl (C=O) groups excluding carboxylic acids is 11. The normalized spacial score (nSPS) is 19.5. The first-order valence-electron chi connectivity index (χ1n) is 43.8. The highest BCUT2D eigenvalue weighted by Crippen LogP contribution is 2.34. The maximum absolute atomic E-state index is 14.9. The third kappa shape index (κ3) is 35.3. The van der Waals surface area contributed by atoms with Crippen LogP contribution in [-0.2, 0) is 111 Å². The topological polar surface area (TPSA) is 537 Å². The monoisotopic (exact) mass is 1820 g/mol. The number of anilines is 1. The third-order valence-corrected chi connectivity index (χ3v) is 22.0. The first-order chi connectivity index (χ1) is 61.2. The van der Waals surface area contributed by atoms with Crippen LogP contribution in [0.25, 0.3) is 0 Å². The first kappa shape index (κ1) is 109. The average Bonchev–Trinajstić information content (AvgIpc) is 1.79. The van der Waals surface area contributed by atoms with Gasteiger partial charge in [0, 0.05) is 73.1 Å². The number of hydrogen-bond donors (Lipinski definition) is 12. The van der Waals surface area contributed by atoms with E-state index in [-0.39, 0.29) is 126 Å². The predicted molar refractivity (Wildman–Crippen MR) is 461 cm³/mol. The van der Waals surface area contributed by atoms with Crippen molar-refractivity contribution in [2.75, 3.05) is 159 Å². The Balaban J connectivity index is 0.999. The maximum Gasteiger partial charge on any atom is 0.411 e. The molecule has 3 aliphatic heterocycles. The standard InChI is InChI=1S/C87H139N11O30/c1-14-31-90-80(108)60(92-81(109)63(51-88)98-67(100)28-29-68(98)101)24-19-20-32-89-66(99)30-34-118-35-36-119-37-38-120-39-40-121-41-42-122-43-44-123-45-46-124-47-48-125-86(114)93-61-49-58(26-27-64(61)127-85-76(106)74(104)75(105)78(128-85)84(112)113)52-126-87(115)96(11)71(54(5)6)82(110)94-70(53(3)4)83(111)95(10)72(55(7)15-2)65(116-12)50-69(102)97-33-21-25-62(97)77(117-13)56(8)79(107)91-57(9)73(103)59-22-17-16-18-23-59/h16-18,22-23,26-29,49,53-57,60,62-63,65,70-78,85,103-106H,14-15,19-21,24-25,30-48,50-52,88H2,1-13H3,(H,89,99)(H,90,108)(H,91,107)(H,92,109)(H,93,114)(H,94,110)(H,112,113)/t55-,56+,57+,60-,62-,63+,65+,70-,71-,72-,73+,74-,75-,76+,77+,78-,85+/m0/s1. The van der Waals surface area contributed by atoms with Gasteiger partial charge in [0.15, 0.2) is 6.10 Å². The van der Waals surface area contributed by atoms with Gasteiger partial charge in [-0.25, -0.2) is 14.4 Å². The number of rotatable bonds is 62. The molecule has 128 heavy (non-hydrogen) atoms. The molecule has 41 nitrogen and oxygen atoms in total. The Hall–Kier alpha value is -9.18. The molecule has 0 aliphatic carbocycles. The summed E-state index contributed by atoms with van der Waals surface area (Å²) in [7, 11) is 5.91. The average molecular weight is 1820 g/mol. The van der Waals surface area contributed by atoms with Crippen molar-refractivity contribution < 1.29 is 145 Å². The number of amides is 11. The minimum absolute atomic E-state index is 0.0726. The Bertz CT molecular complexity index is 3780. The molecule has 2 aromatic rings. The molecule has 0 unspecified atom stereocenters. The highest BCUT2D eigenvalue weighted by atomic mass is 16.7. The molecule has 17 atom stereocenters. The van der Waals surface area contributed by atoms with E-state index < -0.39 is 169 Å². The Morgan fingerprint density at radius 2 is 1.23 bits per heavy atom. The lowest BCUT2D eigenvalue weighted by molar-refractivity contribution is -0.271. The summed E-state index contributed by atoms with van der Waals surface area (Å²) in [5.74, 6) is -8.41. The number of aliphatic hydroxyl groups is 4. The molecule has 5 rings (SSSR count). The fourth-order valence-electron chi connectivity index (χ4n) is 14.8. The van der Waals surface area contributed by atoms with Crippen molar-refractivity contribution >= 4 is 77.0 Å². The Morgan fingerprint density at radius 1 is 0.641 bits per heavy atom. The number of nitrogens with two attached hydrogens (primary N) is 1. The number of hydrogen-bond acceptors (Lipinski definition) is 30. The van der Waals surface area contributed by atoms with Gasteiger partial charge >= 0.3 is 18.2 Å². The van der Waals surface area contributed by atoms with E-state index in [0.717, 1.165) is 22.0 Å². The number of methoxy groups -OCH3 is 2. The number of likely N-dealkylation sites (tertiary alicyclic amines) is 1. The molecule has 41 heteroatoms. The van der Waals surface area contributed by atoms with Gasteiger partial charge < -0.3 is 129 Å². The molecule has 2 fully saturated rings. The number of likely N-dealkylation sites (N-methyl/N-ethyl adjacent to an activating group) is 2. The molecule has 2 aromatic carbocycles. The molecule has 0 spiro atoms. The van der Waals surface area contributed by atoms with Crippen LogP contribution in [0.2, 0.25) is 0 Å². The van der Waals surface area contributed by atoms with Crippen LogP contribution in [0, 0.1) is 23.7 Å². The van der Waals surface area contributed by atoms with Gasteiger partial charge in [-0.1, -0.05) is 98.2 Å². The van der Waals surface area contributed by atoms with Crippen molar-refractivity contribution in [1.82, 2.24) is 46.2 Å². The molecule has 722 valence electrons. The zero-order valence-corrected chi connectivity index (χ0v) is 76.1. The molecular weight excluding hydrogens is 1680 g/mol. The molecular formula is C87H139N11O30. The molecule has 3 heterocycles. The maximum atomic E-state index is 14.9. The van der Waals surface area contributed by atoms with Crippen molar-refractivity contribution in [3.8, 4) is 5.75 Å². The second kappa shape index (κ2) is 58.5. The molecule has 0 radical (unpaired) electrons. The summed E-state index contributed by atoms with van der Waals surface area (Å²) in [6.07, 6.45) is -8.78. The van der Waals surface area contributed by atoms with E-state index in [1.54, 1.807) is 77.8 Å². The quantitative estimate of drug-likeness (QED) is 0.0329. The zero-order valence-electron chi connectivity index (χ0n) is 76.1. The van der Waals surface area contributed by atoms with E-state index in [1.165, 1.54) is 44.4 Å². The van der Waals surface area contributed by atoms with E-state index in [2.05, 4.69) is 31.9 Å². The van der Waals surface area contributed by atoms with Gasteiger partial charge in [0.2, 0.25) is 47.6 Å². The summed E-state index contributed by atoms with van der Waals surface area (Å²) in [5.41, 5.74) is 6.41. The number of carboxylic acid groups (broad SMARTS) is 1. The molecule has 0 bridgehead atoms. The summed E-state index contributed by atoms with van der Waals surface area (Å²) in [6.45, 7) is 19.5. The SMILES string of the molecule is CCCNC(=O)[C@H](CCCCNC(=O)CCOCCOCCOCCOCCOCCOCCOCCOC(=O)Nc1cc(COC(=O)N(C)[C@H](C(=O)N[C@H](C(=O)N(C)[C@@H]([C@@H](C)CC)[C@@H](CC(=O)N2CCC[C@H]2[C@H](OC)[C@@H](C)C(=O)N[C@H](C)[C@@H](O)c2ccccc2)OC)C(C)C)C(C)C)ccc1O[C@@H]1O[C@H](C(=O)O)[C@@H](O)[C@H](O)[C@H]1O)NC(=O)[C@@H](CN)N1C(=O)C=CC1=O. The fourth-order valence-corrected chi connectivity index (χ4v) is 14.8. The van der Waals surface area contributed by atoms with Crippen molar-refractivity contribution in [2.45, 2.75) is 218 Å². The first-order valence-corrected chi connectivity index (χ1v) is 43.8. The minimum Gasteiger partial charge on any atom is -0.479 e. The van der Waals surface area contributed by atoms with Crippen LogP contribution in [0.3, 0.4) is 0 Å². The van der Waals surface area contributed by atoms with Crippen LogP contribution in [0.1, 0.15) is 137 Å². The Kier molecular flexibility index (Phi) is 50.0. The lowest BCUT2D eigenvalue weighted by Crippen LogP contribution is -2.61. The van der Waals surface area contributed by atoms with E-state index in [9.17, 15) is 83.1 Å². The minimum atomic E-state index is -2.04. The largest absolute Gasteiger partial charge is 0.479 e. The van der Waals surface area contributed by atoms with E-state index in [0.29, 0.717) is 103 Å². The van der Waals surface area contributed by atoms with Gasteiger partial charge in [-0.05, 0) is 86.5 Å². The molecule has 11 amide bonds. The van der Waals surface area contributed by atoms with Gasteiger partial charge in [0.25, 0.3) is 11.8 Å². The zero-order chi connectivity index (χ0) is 94.5. The molecule has 0 aromatic heterocycles. The van der Waals surface area contributed by atoms with Crippen LogP contribution in [-0.4, -0.2) is 355 Å². The number of nitrogens with zero attached hydrogens (tertiary/aromatic N) is 4. The van der Waals surface area contributed by atoms with Gasteiger partial charge in [-0.3, -0.25) is 58.3 Å². The van der Waals surface area contributed by atoms with Crippen LogP contribution in [0.15, 0.2) is 60.7 Å². The molecule has 3 aliphatic rings. The Labute approximate surface area is 748 Å². The number of benzene rings is 2. The number of ether oxygens (including phenoxy) is 13. The number of carboxylic acids is 1. The summed E-state index contributed by atoms with van der Waals surface area (Å²) in [6, 6.07) is 6.57. The molecule has 13 N–H and O–H groups in total. The molecule has 2 saturated heterocycles. The van der Waals surface area contributed by atoms with Crippen molar-refractivity contribution in [3.05, 3.63) is 71.8 Å². The van der Waals surface area contributed by atoms with Crippen molar-refractivity contribution in [1.29, 1.82) is 0 Å². The third-order valence-electron chi connectivity index (χ3n) is 22.0. The lowest BCUT2D eigenvalue weighted by Gasteiger charge is -2.41.